The number of carbonyl (C=O) groups excluding carboxylic acids is 2. The number of ether oxygens (including phenoxy) is 1. The molecule has 1 amide bonds. The highest BCUT2D eigenvalue weighted by atomic mass is 16.5. The van der Waals surface area contributed by atoms with Crippen molar-refractivity contribution >= 4 is 17.4 Å². The first-order chi connectivity index (χ1) is 9.15. The van der Waals surface area contributed by atoms with Gasteiger partial charge in [-0.2, -0.15) is 0 Å². The molecule has 1 aliphatic rings. The van der Waals surface area contributed by atoms with Crippen molar-refractivity contribution in [2.75, 3.05) is 11.9 Å². The fourth-order valence-corrected chi connectivity index (χ4v) is 2.20. The Hall–Kier alpha value is -1.68. The minimum atomic E-state index is -0.0313. The largest absolute Gasteiger partial charge is 0.378 e. The second kappa shape index (κ2) is 6.48. The summed E-state index contributed by atoms with van der Waals surface area (Å²) in [5.74, 6) is -0.0355. The third-order valence-electron chi connectivity index (χ3n) is 3.27. The third-order valence-corrected chi connectivity index (χ3v) is 3.27. The van der Waals surface area contributed by atoms with Crippen LogP contribution in [0.4, 0.5) is 5.69 Å². The lowest BCUT2D eigenvalue weighted by atomic mass is 10.1. The molecule has 1 heterocycles. The zero-order valence-corrected chi connectivity index (χ0v) is 11.1. The number of anilines is 1. The van der Waals surface area contributed by atoms with E-state index in [1.807, 2.05) is 0 Å². The second-order valence-corrected chi connectivity index (χ2v) is 4.86. The van der Waals surface area contributed by atoms with E-state index < -0.39 is 0 Å². The van der Waals surface area contributed by atoms with Gasteiger partial charge in [-0.05, 0) is 38.3 Å². The van der Waals surface area contributed by atoms with Gasteiger partial charge in [0.2, 0.25) is 5.91 Å². The van der Waals surface area contributed by atoms with Crippen molar-refractivity contribution in [1.82, 2.24) is 0 Å². The number of amides is 1. The molecule has 1 atom stereocenters. The van der Waals surface area contributed by atoms with Gasteiger partial charge in [0.15, 0.2) is 5.78 Å². The SMILES string of the molecule is CC(=O)c1cccc(NC(=O)CC[C@@H]2CCCO2)c1. The number of rotatable bonds is 5. The molecule has 4 nitrogen and oxygen atoms in total. The molecule has 1 aliphatic heterocycles. The van der Waals surface area contributed by atoms with Crippen molar-refractivity contribution in [2.24, 2.45) is 0 Å². The summed E-state index contributed by atoms with van der Waals surface area (Å²) in [7, 11) is 0. The zero-order valence-electron chi connectivity index (χ0n) is 11.1. The van der Waals surface area contributed by atoms with E-state index in [2.05, 4.69) is 5.32 Å². The number of ketones is 1. The molecule has 1 aromatic rings. The maximum absolute atomic E-state index is 11.8. The molecule has 1 aromatic carbocycles. The van der Waals surface area contributed by atoms with Gasteiger partial charge in [-0.25, -0.2) is 0 Å². The first-order valence-corrected chi connectivity index (χ1v) is 6.67. The number of carbonyl (C=O) groups is 2. The summed E-state index contributed by atoms with van der Waals surface area (Å²) in [6.07, 6.45) is 3.59. The molecule has 19 heavy (non-hydrogen) atoms. The first kappa shape index (κ1) is 13.7. The highest BCUT2D eigenvalue weighted by Gasteiger charge is 2.16. The Morgan fingerprint density at radius 3 is 2.95 bits per heavy atom. The van der Waals surface area contributed by atoms with Crippen LogP contribution in [0.5, 0.6) is 0 Å². The van der Waals surface area contributed by atoms with Crippen LogP contribution in [-0.2, 0) is 9.53 Å². The van der Waals surface area contributed by atoms with Crippen LogP contribution in [0.15, 0.2) is 24.3 Å². The van der Waals surface area contributed by atoms with Crippen molar-refractivity contribution in [3.05, 3.63) is 29.8 Å². The van der Waals surface area contributed by atoms with E-state index >= 15 is 0 Å². The van der Waals surface area contributed by atoms with Crippen molar-refractivity contribution in [1.29, 1.82) is 0 Å². The van der Waals surface area contributed by atoms with Gasteiger partial charge in [0.25, 0.3) is 0 Å². The predicted molar refractivity (Wildman–Crippen MR) is 73.3 cm³/mol. The number of nitrogens with one attached hydrogen (secondary N) is 1. The van der Waals surface area contributed by atoms with Gasteiger partial charge in [-0.1, -0.05) is 12.1 Å². The van der Waals surface area contributed by atoms with Gasteiger partial charge >= 0.3 is 0 Å². The van der Waals surface area contributed by atoms with E-state index in [1.54, 1.807) is 24.3 Å². The molecule has 0 aromatic heterocycles. The van der Waals surface area contributed by atoms with Crippen LogP contribution in [0.1, 0.15) is 43.0 Å². The average Bonchev–Trinajstić information content (AvgIpc) is 2.90. The zero-order chi connectivity index (χ0) is 13.7. The molecule has 0 saturated carbocycles. The van der Waals surface area contributed by atoms with Gasteiger partial charge in [0.05, 0.1) is 6.10 Å². The minimum absolute atomic E-state index is 0.00421. The van der Waals surface area contributed by atoms with Crippen LogP contribution in [0.2, 0.25) is 0 Å². The topological polar surface area (TPSA) is 55.4 Å². The number of hydrogen-bond acceptors (Lipinski definition) is 3. The molecule has 0 unspecified atom stereocenters. The van der Waals surface area contributed by atoms with Crippen molar-refractivity contribution < 1.29 is 14.3 Å². The molecule has 1 fully saturated rings. The smallest absolute Gasteiger partial charge is 0.224 e. The molecule has 1 saturated heterocycles. The Bertz CT molecular complexity index is 464. The lowest BCUT2D eigenvalue weighted by Gasteiger charge is -2.09. The Morgan fingerprint density at radius 1 is 1.42 bits per heavy atom. The Morgan fingerprint density at radius 2 is 2.26 bits per heavy atom. The summed E-state index contributed by atoms with van der Waals surface area (Å²) in [6, 6.07) is 7.00. The fraction of sp³-hybridized carbons (Fsp3) is 0.467. The normalized spacial score (nSPS) is 18.3. The van der Waals surface area contributed by atoms with Crippen LogP contribution in [0.25, 0.3) is 0 Å². The number of benzene rings is 1. The number of Topliss-reactive ketones (excluding diaryl/α,β-unsaturated/α-hetero) is 1. The lowest BCUT2D eigenvalue weighted by molar-refractivity contribution is -0.116. The molecular formula is C15H19NO3. The van der Waals surface area contributed by atoms with Crippen LogP contribution < -0.4 is 5.32 Å². The summed E-state index contributed by atoms with van der Waals surface area (Å²) in [6.45, 7) is 2.32. The van der Waals surface area contributed by atoms with Crippen molar-refractivity contribution in [3.63, 3.8) is 0 Å². The molecule has 102 valence electrons. The summed E-state index contributed by atoms with van der Waals surface area (Å²) in [5, 5.41) is 2.81. The summed E-state index contributed by atoms with van der Waals surface area (Å²) in [5.41, 5.74) is 1.28. The van der Waals surface area contributed by atoms with Gasteiger partial charge in [0.1, 0.15) is 0 Å². The summed E-state index contributed by atoms with van der Waals surface area (Å²) >= 11 is 0. The molecule has 0 radical (unpaired) electrons. The van der Waals surface area contributed by atoms with Crippen LogP contribution in [0, 0.1) is 0 Å². The average molecular weight is 261 g/mol. The van der Waals surface area contributed by atoms with E-state index in [1.165, 1.54) is 6.92 Å². The third kappa shape index (κ3) is 4.17. The van der Waals surface area contributed by atoms with E-state index in [-0.39, 0.29) is 17.8 Å². The van der Waals surface area contributed by atoms with Crippen LogP contribution >= 0.6 is 0 Å². The quantitative estimate of drug-likeness (QED) is 0.829. The Kier molecular flexibility index (Phi) is 4.68. The molecular weight excluding hydrogens is 242 g/mol. The van der Waals surface area contributed by atoms with E-state index in [4.69, 9.17) is 4.74 Å². The maximum Gasteiger partial charge on any atom is 0.224 e. The molecule has 1 N–H and O–H groups in total. The van der Waals surface area contributed by atoms with E-state index in [9.17, 15) is 9.59 Å². The molecule has 2 rings (SSSR count). The maximum atomic E-state index is 11.8. The van der Waals surface area contributed by atoms with Crippen molar-refractivity contribution in [3.8, 4) is 0 Å². The molecule has 0 bridgehead atoms. The summed E-state index contributed by atoms with van der Waals surface area (Å²) in [4.78, 5) is 23.1. The van der Waals surface area contributed by atoms with Gasteiger partial charge in [-0.15, -0.1) is 0 Å². The van der Waals surface area contributed by atoms with Crippen LogP contribution in [-0.4, -0.2) is 24.4 Å². The van der Waals surface area contributed by atoms with Crippen LogP contribution in [0.3, 0.4) is 0 Å². The minimum Gasteiger partial charge on any atom is -0.378 e. The van der Waals surface area contributed by atoms with Gasteiger partial charge < -0.3 is 10.1 Å². The highest BCUT2D eigenvalue weighted by molar-refractivity contribution is 5.97. The predicted octanol–water partition coefficient (Wildman–Crippen LogP) is 2.79. The molecule has 0 spiro atoms. The van der Waals surface area contributed by atoms with Gasteiger partial charge in [0, 0.05) is 24.3 Å². The second-order valence-electron chi connectivity index (χ2n) is 4.86. The van der Waals surface area contributed by atoms with Crippen molar-refractivity contribution in [2.45, 2.75) is 38.7 Å². The summed E-state index contributed by atoms with van der Waals surface area (Å²) < 4.78 is 5.48. The first-order valence-electron chi connectivity index (χ1n) is 6.67. The Balaban J connectivity index is 1.84. The van der Waals surface area contributed by atoms with E-state index in [0.717, 1.165) is 25.9 Å². The number of hydrogen-bond donors (Lipinski definition) is 1. The standard InChI is InChI=1S/C15H19NO3/c1-11(17)12-4-2-5-13(10-12)16-15(18)8-7-14-6-3-9-19-14/h2,4-5,10,14H,3,6-9H2,1H3,(H,16,18)/t14-/m0/s1. The molecule has 4 heteroatoms. The monoisotopic (exact) mass is 261 g/mol. The van der Waals surface area contributed by atoms with E-state index in [0.29, 0.717) is 17.7 Å². The highest BCUT2D eigenvalue weighted by Crippen LogP contribution is 2.17. The molecule has 0 aliphatic carbocycles. The van der Waals surface area contributed by atoms with Gasteiger partial charge in [-0.3, -0.25) is 9.59 Å². The fourth-order valence-electron chi connectivity index (χ4n) is 2.20. The lowest BCUT2D eigenvalue weighted by Crippen LogP contribution is -2.15. The Labute approximate surface area is 113 Å².